The van der Waals surface area contributed by atoms with Crippen molar-refractivity contribution in [1.82, 2.24) is 9.80 Å². The van der Waals surface area contributed by atoms with E-state index in [-0.39, 0.29) is 37.3 Å². The molecule has 0 spiro atoms. The Morgan fingerprint density at radius 1 is 1.09 bits per heavy atom. The topological polar surface area (TPSA) is 176 Å². The van der Waals surface area contributed by atoms with E-state index in [1.807, 2.05) is 37.7 Å². The lowest BCUT2D eigenvalue weighted by Gasteiger charge is -2.46. The predicted octanol–water partition coefficient (Wildman–Crippen LogP) is 1.26. The van der Waals surface area contributed by atoms with E-state index in [1.54, 1.807) is 27.7 Å². The second-order valence-electron chi connectivity index (χ2n) is 14.1. The number of hydrogen-bond acceptors (Lipinski definition) is 12. The van der Waals surface area contributed by atoms with Gasteiger partial charge in [0, 0.05) is 37.5 Å². The molecule has 0 amide bonds. The number of rotatable bonds is 6. The molecule has 0 aromatic heterocycles. The molecule has 0 aromatic rings. The van der Waals surface area contributed by atoms with E-state index >= 15 is 0 Å². The number of likely N-dealkylation sites (N-methyl/N-ethyl adjacent to an activating group) is 1. The van der Waals surface area contributed by atoms with Gasteiger partial charge in [-0.3, -0.25) is 9.69 Å². The van der Waals surface area contributed by atoms with Crippen LogP contribution in [-0.2, 0) is 19.0 Å². The Balaban J connectivity index is 2.59. The molecule has 0 saturated carbocycles. The molecule has 5 N–H and O–H groups in total. The Bertz CT molecular complexity index is 958. The van der Waals surface area contributed by atoms with Gasteiger partial charge in [0.1, 0.15) is 23.9 Å². The van der Waals surface area contributed by atoms with Crippen LogP contribution in [0.1, 0.15) is 81.1 Å². The average Bonchev–Trinajstić information content (AvgIpc) is 2.94. The number of hydrogen-bond donors (Lipinski definition) is 5. The highest BCUT2D eigenvalue weighted by atomic mass is 16.7. The largest absolute Gasteiger partial charge is 0.459 e. The SMILES string of the molecule is CC[C@H]1OC(=O)[C@H](C)[C@@H](O)[C@H](C)[C@@H](O[C@@H]2O[C@H](C)C[C@H](N(C)C)[C@H]2O)[C@](C)(O)C[C@@H](C)CN(CCC#N)[C@H](C)[C@@H](O)[C@]1(C)O. The fraction of sp³-hybridized carbons (Fsp3) is 0.938. The maximum atomic E-state index is 13.4. The molecule has 0 unspecified atom stereocenters. The Labute approximate surface area is 263 Å². The molecular weight excluding hydrogens is 570 g/mol. The summed E-state index contributed by atoms with van der Waals surface area (Å²) in [5, 5.41) is 67.0. The van der Waals surface area contributed by atoms with Gasteiger partial charge in [-0.2, -0.15) is 5.26 Å². The van der Waals surface area contributed by atoms with Gasteiger partial charge in [-0.15, -0.1) is 0 Å². The van der Waals surface area contributed by atoms with Gasteiger partial charge in [-0.1, -0.05) is 20.8 Å². The minimum atomic E-state index is -1.83. The Kier molecular flexibility index (Phi) is 14.0. The molecule has 12 heteroatoms. The molecule has 0 radical (unpaired) electrons. The second-order valence-corrected chi connectivity index (χ2v) is 14.1. The first-order valence-electron chi connectivity index (χ1n) is 16.1. The first-order chi connectivity index (χ1) is 20.3. The summed E-state index contributed by atoms with van der Waals surface area (Å²) < 4.78 is 18.2. The van der Waals surface area contributed by atoms with E-state index in [4.69, 9.17) is 14.2 Å². The molecule has 2 fully saturated rings. The zero-order valence-corrected chi connectivity index (χ0v) is 28.4. The lowest BCUT2D eigenvalue weighted by Crippen LogP contribution is -2.59. The number of carbonyl (C=O) groups is 1. The summed E-state index contributed by atoms with van der Waals surface area (Å²) in [6, 6.07) is 1.24. The number of cyclic esters (lactones) is 1. The van der Waals surface area contributed by atoms with Crippen molar-refractivity contribution >= 4 is 5.97 Å². The third kappa shape index (κ3) is 9.11. The lowest BCUT2D eigenvalue weighted by atomic mass is 9.78. The summed E-state index contributed by atoms with van der Waals surface area (Å²) >= 11 is 0. The van der Waals surface area contributed by atoms with Crippen LogP contribution >= 0.6 is 0 Å². The van der Waals surface area contributed by atoms with Crippen molar-refractivity contribution in [2.45, 2.75) is 147 Å². The fourth-order valence-corrected chi connectivity index (χ4v) is 7.09. The highest BCUT2D eigenvalue weighted by molar-refractivity contribution is 5.73. The van der Waals surface area contributed by atoms with E-state index in [2.05, 4.69) is 6.07 Å². The zero-order chi connectivity index (χ0) is 33.7. The van der Waals surface area contributed by atoms with Crippen molar-refractivity contribution in [1.29, 1.82) is 5.26 Å². The summed E-state index contributed by atoms with van der Waals surface area (Å²) in [4.78, 5) is 17.2. The van der Waals surface area contributed by atoms with Gasteiger partial charge in [0.25, 0.3) is 0 Å². The van der Waals surface area contributed by atoms with Crippen LogP contribution in [0.4, 0.5) is 0 Å². The summed E-state index contributed by atoms with van der Waals surface area (Å²) in [5.41, 5.74) is -3.40. The standard InChI is InChI=1S/C32H59N3O9/c1-11-24-32(8,41)27(38)22(6)35(14-12-13-33)17-18(2)16-31(7,40)28(20(4)25(36)21(5)29(39)43-24)44-30-26(37)23(34(9)10)15-19(3)42-30/h18-28,30,36-38,40-41H,11-12,14-17H2,1-10H3/t18-,19-,20+,21-,22-,23+,24-,25+,26-,27-,28-,30+,31-,32-/m1/s1. The summed E-state index contributed by atoms with van der Waals surface area (Å²) in [6.07, 6.45) is -6.05. The molecular formula is C32H59N3O9. The summed E-state index contributed by atoms with van der Waals surface area (Å²) in [5.74, 6) is -2.87. The molecule has 12 nitrogen and oxygen atoms in total. The van der Waals surface area contributed by atoms with Crippen LogP contribution in [0.5, 0.6) is 0 Å². The maximum absolute atomic E-state index is 13.4. The first kappa shape index (κ1) is 38.8. The molecule has 2 aliphatic heterocycles. The smallest absolute Gasteiger partial charge is 0.311 e. The van der Waals surface area contributed by atoms with Crippen molar-refractivity contribution < 1.29 is 44.5 Å². The number of nitriles is 1. The van der Waals surface area contributed by atoms with Crippen molar-refractivity contribution in [2.75, 3.05) is 27.2 Å². The normalized spacial score (nSPS) is 45.7. The monoisotopic (exact) mass is 629 g/mol. The van der Waals surface area contributed by atoms with Gasteiger partial charge in [0.05, 0.1) is 35.9 Å². The zero-order valence-electron chi connectivity index (χ0n) is 28.4. The highest BCUT2D eigenvalue weighted by Crippen LogP contribution is 2.36. The lowest BCUT2D eigenvalue weighted by molar-refractivity contribution is -0.299. The molecule has 2 rings (SSSR count). The van der Waals surface area contributed by atoms with Gasteiger partial charge in [0.15, 0.2) is 6.29 Å². The van der Waals surface area contributed by atoms with Gasteiger partial charge in [0.2, 0.25) is 0 Å². The average molecular weight is 630 g/mol. The van der Waals surface area contributed by atoms with Crippen molar-refractivity contribution in [3.8, 4) is 6.07 Å². The molecule has 2 saturated heterocycles. The molecule has 2 aliphatic rings. The Morgan fingerprint density at radius 2 is 1.70 bits per heavy atom. The van der Waals surface area contributed by atoms with E-state index in [9.17, 15) is 35.6 Å². The number of ether oxygens (including phenoxy) is 3. The van der Waals surface area contributed by atoms with E-state index < -0.39 is 71.9 Å². The van der Waals surface area contributed by atoms with E-state index in [1.165, 1.54) is 13.8 Å². The third-order valence-corrected chi connectivity index (χ3v) is 9.80. The van der Waals surface area contributed by atoms with Crippen LogP contribution in [0.3, 0.4) is 0 Å². The second kappa shape index (κ2) is 15.9. The number of aliphatic hydroxyl groups excluding tert-OH is 3. The van der Waals surface area contributed by atoms with Crippen LogP contribution in [-0.4, -0.2) is 135 Å². The molecule has 44 heavy (non-hydrogen) atoms. The van der Waals surface area contributed by atoms with Gasteiger partial charge in [-0.05, 0) is 73.9 Å². The first-order valence-corrected chi connectivity index (χ1v) is 16.1. The van der Waals surface area contributed by atoms with Crippen LogP contribution < -0.4 is 0 Å². The molecule has 256 valence electrons. The molecule has 0 bridgehead atoms. The minimum absolute atomic E-state index is 0.183. The van der Waals surface area contributed by atoms with Crippen molar-refractivity contribution in [3.63, 3.8) is 0 Å². The van der Waals surface area contributed by atoms with Crippen LogP contribution in [0.15, 0.2) is 0 Å². The number of esters is 1. The number of aliphatic hydroxyl groups is 5. The molecule has 0 aromatic carbocycles. The number of nitrogens with zero attached hydrogens (tertiary/aromatic N) is 3. The van der Waals surface area contributed by atoms with Gasteiger partial charge < -0.3 is 44.6 Å². The molecule has 2 heterocycles. The summed E-state index contributed by atoms with van der Waals surface area (Å²) in [6.45, 7) is 14.2. The quantitative estimate of drug-likeness (QED) is 0.266. The Hall–Kier alpha value is -1.40. The van der Waals surface area contributed by atoms with Crippen LogP contribution in [0, 0.1) is 29.1 Å². The van der Waals surface area contributed by atoms with E-state index in [0.29, 0.717) is 19.5 Å². The third-order valence-electron chi connectivity index (χ3n) is 9.80. The maximum Gasteiger partial charge on any atom is 0.311 e. The van der Waals surface area contributed by atoms with E-state index in [0.717, 1.165) is 0 Å². The van der Waals surface area contributed by atoms with Crippen molar-refractivity contribution in [3.05, 3.63) is 0 Å². The predicted molar refractivity (Wildman–Crippen MR) is 164 cm³/mol. The number of carbonyl (C=O) groups excluding carboxylic acids is 1. The minimum Gasteiger partial charge on any atom is -0.459 e. The van der Waals surface area contributed by atoms with Crippen LogP contribution in [0.2, 0.25) is 0 Å². The van der Waals surface area contributed by atoms with Crippen molar-refractivity contribution in [2.24, 2.45) is 17.8 Å². The highest BCUT2D eigenvalue weighted by Gasteiger charge is 2.50. The fourth-order valence-electron chi connectivity index (χ4n) is 7.09. The van der Waals surface area contributed by atoms with Crippen LogP contribution in [0.25, 0.3) is 0 Å². The van der Waals surface area contributed by atoms with Gasteiger partial charge >= 0.3 is 5.97 Å². The Morgan fingerprint density at radius 3 is 2.25 bits per heavy atom. The van der Waals surface area contributed by atoms with Gasteiger partial charge in [-0.25, -0.2) is 0 Å². The summed E-state index contributed by atoms with van der Waals surface area (Å²) in [7, 11) is 3.73. The molecule has 0 aliphatic carbocycles. The molecule has 14 atom stereocenters.